The maximum absolute atomic E-state index is 10.0. The molecule has 0 aliphatic carbocycles. The van der Waals surface area contributed by atoms with Gasteiger partial charge in [-0.1, -0.05) is 17.3 Å². The third kappa shape index (κ3) is 75.1. The Hall–Kier alpha value is -7.23. The van der Waals surface area contributed by atoms with Gasteiger partial charge in [-0.3, -0.25) is 20.0 Å². The van der Waals surface area contributed by atoms with Crippen molar-refractivity contribution < 1.29 is 23.1 Å². The van der Waals surface area contributed by atoms with E-state index < -0.39 is 0 Å². The van der Waals surface area contributed by atoms with Crippen LogP contribution >= 0.6 is 43.0 Å². The molecule has 12 aromatic rings. The number of carbonyl (C=O) groups excluding carboxylic acids is 1. The van der Waals surface area contributed by atoms with Crippen LogP contribution in [0.5, 0.6) is 0 Å². The van der Waals surface area contributed by atoms with Gasteiger partial charge < -0.3 is 38.6 Å². The maximum Gasteiger partial charge on any atom is 0.180 e. The molecular formula is C60H91N20O5PS3Se2. The zero-order valence-corrected chi connectivity index (χ0v) is 58.4. The van der Waals surface area contributed by atoms with Crippen LogP contribution in [0.25, 0.3) is 0 Å². The summed E-state index contributed by atoms with van der Waals surface area (Å²) < 4.78 is 18.5. The fourth-order valence-corrected chi connectivity index (χ4v) is 11.8. The second-order valence-electron chi connectivity index (χ2n) is 17.0. The third-order valence-electron chi connectivity index (χ3n) is 9.80. The number of furan rings is 1. The van der Waals surface area contributed by atoms with Crippen molar-refractivity contribution in [2.24, 2.45) is 0 Å². The van der Waals surface area contributed by atoms with Crippen molar-refractivity contribution in [3.05, 3.63) is 217 Å². The average Bonchev–Trinajstić information content (AvgIpc) is 4.49. The fourth-order valence-electron chi connectivity index (χ4n) is 5.67. The second-order valence-corrected chi connectivity index (χ2v) is 25.5. The molecule has 0 amide bonds. The monoisotopic (exact) mass is 1460 g/mol. The van der Waals surface area contributed by atoms with Crippen molar-refractivity contribution >= 4 is 78.4 Å². The largest absolute Gasteiger partial charge is 0.473 e. The van der Waals surface area contributed by atoms with Crippen molar-refractivity contribution in [1.29, 1.82) is 0 Å². The average molecular weight is 1460 g/mol. The first kappa shape index (κ1) is 81.8. The number of H-pyrrole nitrogens is 7. The Morgan fingerprint density at radius 3 is 1.40 bits per heavy atom. The number of hydrogen-bond donors (Lipinski definition) is 8. The molecule has 18 heterocycles. The summed E-state index contributed by atoms with van der Waals surface area (Å²) in [5.74, 6) is 2.79. The molecule has 12 aromatic heterocycles. The topological polar surface area (TPSA) is 339 Å². The minimum atomic E-state index is -0.0463. The number of oxazole rings is 1. The van der Waals surface area contributed by atoms with Crippen molar-refractivity contribution in [2.45, 2.75) is 87.7 Å². The SMILES string of the molecule is C1CCNC1.C1CCOC1.C1CCPC1.C1CCSC1.C1CC[Se]C1.O=C1CCCO1.c1c[nH]cn1.c1c[nH]cn1.c1cc[nH]c1.c1cc[se]c1.c1ccoc1.c1ccsc1.c1cn[nH]c1.c1cn[nH]n1.c1cocn1.c1cscn1.c1nc[nH]n1.c1nn[nH]n1. The summed E-state index contributed by atoms with van der Waals surface area (Å²) in [5, 5.41) is 46.1. The molecule has 91 heavy (non-hydrogen) atoms. The molecule has 25 nitrogen and oxygen atoms in total. The molecule has 6 saturated heterocycles. The van der Waals surface area contributed by atoms with Gasteiger partial charge in [-0.15, -0.1) is 30.1 Å². The molecule has 6 aliphatic rings. The van der Waals surface area contributed by atoms with Gasteiger partial charge in [0.05, 0.1) is 55.9 Å². The number of ether oxygens (including phenoxy) is 2. The number of thioether (sulfide) groups is 1. The zero-order valence-electron chi connectivity index (χ0n) is 51.5. The van der Waals surface area contributed by atoms with Gasteiger partial charge in [0.2, 0.25) is 0 Å². The van der Waals surface area contributed by atoms with Crippen LogP contribution in [0.3, 0.4) is 0 Å². The molecule has 0 atom stereocenters. The van der Waals surface area contributed by atoms with Gasteiger partial charge in [0.1, 0.15) is 18.9 Å². The van der Waals surface area contributed by atoms with E-state index in [4.69, 9.17) is 4.74 Å². The molecule has 0 bridgehead atoms. The molecule has 31 heteroatoms. The molecule has 0 radical (unpaired) electrons. The predicted octanol–water partition coefficient (Wildman–Crippen LogP) is 12.4. The fraction of sp³-hybridized carbons (Fsp3) is 0.383. The van der Waals surface area contributed by atoms with Crippen LogP contribution in [0.1, 0.15) is 77.0 Å². The standard InChI is InChI=1S/C4H9N.C4H5N.C4H6O2.C4H8O.C4H4O.C4H9P.C4H8S.C4H4S.C4H8Se.C4H4Se.3C3H4N2.C3H3NO.C3H3NS.2C2H3N3.CH2N4/c2*1-2-4-5-3-1;5-4-2-1-3-6-4;7*1-2-4-5-3-1;2*1-2-5-3-4-1;1-2-4-5-3-1;2*1-2-5-3-4-1;1-3-2-5-4-1;2*1-2-4-5-3-1/h5H,1-4H2;1-5H;1-3H2;1-4H2;1-4H;5H,1-4H2;1-4H2;1-4H;1-4H2;1-4H;3*1-3H,(H,4,5);2*1-3H;2*1-2H,(H,3,4,5);1H,(H,2,3,4,5). The molecule has 0 spiro atoms. The van der Waals surface area contributed by atoms with E-state index in [1.165, 1.54) is 141 Å². The number of cyclic esters (lactones) is 1. The third-order valence-corrected chi connectivity index (χ3v) is 17.3. The number of imidazole rings is 2. The summed E-state index contributed by atoms with van der Waals surface area (Å²) >= 11 is 7.17. The number of rotatable bonds is 0. The van der Waals surface area contributed by atoms with Crippen LogP contribution in [0.2, 0.25) is 10.6 Å². The summed E-state index contributed by atoms with van der Waals surface area (Å²) in [4.78, 5) is 40.9. The van der Waals surface area contributed by atoms with Gasteiger partial charge in [-0.2, -0.15) is 53.9 Å². The number of aromatic amines is 7. The first-order valence-corrected chi connectivity index (χ1v) is 38.2. The summed E-state index contributed by atoms with van der Waals surface area (Å²) in [6.07, 6.45) is 53.3. The van der Waals surface area contributed by atoms with Crippen LogP contribution in [-0.2, 0) is 14.3 Å². The van der Waals surface area contributed by atoms with Crippen LogP contribution in [0, 0.1) is 0 Å². The van der Waals surface area contributed by atoms with Crippen LogP contribution in [0.15, 0.2) is 226 Å². The van der Waals surface area contributed by atoms with Gasteiger partial charge >= 0.3 is 80.9 Å². The van der Waals surface area contributed by atoms with Crippen LogP contribution in [0.4, 0.5) is 0 Å². The number of hydrogen-bond acceptors (Lipinski definition) is 21. The van der Waals surface area contributed by atoms with Crippen LogP contribution in [-0.4, -0.2) is 188 Å². The number of thiazole rings is 1. The summed E-state index contributed by atoms with van der Waals surface area (Å²) in [7, 11) is 1.31. The number of carbonyl (C=O) groups is 1. The van der Waals surface area contributed by atoms with Gasteiger partial charge in [-0.25, -0.2) is 19.9 Å². The number of aromatic nitrogens is 19. The van der Waals surface area contributed by atoms with E-state index >= 15 is 0 Å². The van der Waals surface area contributed by atoms with Crippen molar-refractivity contribution in [3.63, 3.8) is 0 Å². The Bertz CT molecular complexity index is 1870. The Morgan fingerprint density at radius 1 is 0.495 bits per heavy atom. The first-order chi connectivity index (χ1) is 45.4. The Labute approximate surface area is 561 Å². The molecule has 6 aliphatic heterocycles. The number of nitrogens with one attached hydrogen (secondary N) is 8. The molecule has 0 aromatic carbocycles. The molecule has 18 rings (SSSR count). The molecule has 8 N–H and O–H groups in total. The molecule has 0 unspecified atom stereocenters. The molecular weight excluding hydrogens is 1370 g/mol. The minimum absolute atomic E-state index is 0.0463. The summed E-state index contributed by atoms with van der Waals surface area (Å²) in [6, 6.07) is 17.6. The number of esters is 1. The van der Waals surface area contributed by atoms with Gasteiger partial charge in [-0.05, 0) is 136 Å². The summed E-state index contributed by atoms with van der Waals surface area (Å²) in [6.45, 7) is 5.14. The second kappa shape index (κ2) is 77.0. The first-order valence-electron chi connectivity index (χ1n) is 29.4. The predicted molar refractivity (Wildman–Crippen MR) is 369 cm³/mol. The molecule has 496 valence electrons. The normalized spacial score (nSPS) is 13.3. The quantitative estimate of drug-likeness (QED) is 0.0397. The molecule has 6 fully saturated rings. The van der Waals surface area contributed by atoms with E-state index in [-0.39, 0.29) is 5.97 Å². The van der Waals surface area contributed by atoms with E-state index in [2.05, 4.69) is 149 Å². The Morgan fingerprint density at radius 2 is 1.21 bits per heavy atom. The van der Waals surface area contributed by atoms with E-state index in [1.54, 1.807) is 126 Å². The van der Waals surface area contributed by atoms with Crippen molar-refractivity contribution in [1.82, 2.24) is 102 Å². The summed E-state index contributed by atoms with van der Waals surface area (Å²) in [5.41, 5.74) is 1.79. The van der Waals surface area contributed by atoms with Gasteiger partial charge in [0, 0.05) is 80.8 Å². The van der Waals surface area contributed by atoms with E-state index in [1.807, 2.05) is 71.0 Å². The van der Waals surface area contributed by atoms with Crippen LogP contribution < -0.4 is 5.32 Å². The number of tetrazole rings is 1. The molecule has 0 saturated carbocycles. The van der Waals surface area contributed by atoms with Gasteiger partial charge in [0.15, 0.2) is 12.7 Å². The van der Waals surface area contributed by atoms with Crippen molar-refractivity contribution in [3.8, 4) is 0 Å². The Balaban J connectivity index is 0.000000482. The van der Waals surface area contributed by atoms with Crippen molar-refractivity contribution in [2.75, 3.05) is 56.7 Å². The minimum Gasteiger partial charge on any atom is -0.473 e. The smallest absolute Gasteiger partial charge is 0.180 e. The number of nitrogens with zero attached hydrogens (tertiary/aromatic N) is 12. The Kier molecular flexibility index (Phi) is 69.2. The van der Waals surface area contributed by atoms with E-state index in [9.17, 15) is 4.79 Å². The number of thiophene rings is 1. The maximum atomic E-state index is 10.0. The van der Waals surface area contributed by atoms with Gasteiger partial charge in [0.25, 0.3) is 0 Å². The van der Waals surface area contributed by atoms with E-state index in [0.29, 0.717) is 27.5 Å². The van der Waals surface area contributed by atoms with E-state index in [0.717, 1.165) is 34.6 Å². The zero-order chi connectivity index (χ0) is 64.5.